The van der Waals surface area contributed by atoms with Gasteiger partial charge in [0.2, 0.25) is 3.79 Å². The fraction of sp³-hybridized carbons (Fsp3) is 0.403. The lowest BCUT2D eigenvalue weighted by molar-refractivity contribution is 0.0207. The van der Waals surface area contributed by atoms with E-state index in [2.05, 4.69) is 47.7 Å². The van der Waals surface area contributed by atoms with Crippen molar-refractivity contribution in [1.82, 2.24) is 52.5 Å². The number of benzene rings is 4. The lowest BCUT2D eigenvalue weighted by atomic mass is 10.1. The molecule has 3 atom stereocenters. The Morgan fingerprint density at radius 2 is 1.00 bits per heavy atom. The van der Waals surface area contributed by atoms with E-state index in [1.165, 1.54) is 46.9 Å². The molecule has 0 bridgehead atoms. The number of H-pyrrole nitrogens is 2. The predicted molar refractivity (Wildman–Crippen MR) is 388 cm³/mol. The molecule has 4 fully saturated rings. The highest BCUT2D eigenvalue weighted by molar-refractivity contribution is 14.1. The van der Waals surface area contributed by atoms with E-state index in [4.69, 9.17) is 55.4 Å². The van der Waals surface area contributed by atoms with Crippen LogP contribution in [-0.2, 0) is 34.3 Å². The summed E-state index contributed by atoms with van der Waals surface area (Å²) in [5.74, 6) is 11.7. The zero-order valence-electron chi connectivity index (χ0n) is 56.3. The molecule has 0 radical (unpaired) electrons. The number of alkyl halides is 3. The van der Waals surface area contributed by atoms with E-state index in [0.29, 0.717) is 72.1 Å². The van der Waals surface area contributed by atoms with Crippen LogP contribution in [0.3, 0.4) is 0 Å². The van der Waals surface area contributed by atoms with Gasteiger partial charge in [0.05, 0.1) is 64.1 Å². The number of terminal acetylenes is 1. The molecule has 1 aliphatic carbocycles. The van der Waals surface area contributed by atoms with Crippen LogP contribution in [0.15, 0.2) is 132 Å². The van der Waals surface area contributed by atoms with E-state index >= 15 is 0 Å². The summed E-state index contributed by atoms with van der Waals surface area (Å²) in [5.41, 5.74) is 6.19. The molecule has 3 aliphatic heterocycles. The summed E-state index contributed by atoms with van der Waals surface area (Å²) in [7, 11) is -7.89. The van der Waals surface area contributed by atoms with Crippen LogP contribution >= 0.6 is 57.4 Å². The van der Waals surface area contributed by atoms with Crippen LogP contribution in [-0.4, -0.2) is 129 Å². The molecule has 2 N–H and O–H groups in total. The number of ether oxygens (including phenoxy) is 3. The molecule has 0 unspecified atom stereocenters. The van der Waals surface area contributed by atoms with Gasteiger partial charge < -0.3 is 24.2 Å². The fourth-order valence-corrected chi connectivity index (χ4v) is 15.7. The fourth-order valence-electron chi connectivity index (χ4n) is 12.1. The molecule has 27 heteroatoms. The zero-order valence-corrected chi connectivity index (χ0v) is 62.3. The normalized spacial score (nSPS) is 17.4. The summed E-state index contributed by atoms with van der Waals surface area (Å²) in [6.07, 6.45) is 19.6. The van der Waals surface area contributed by atoms with Gasteiger partial charge in [0, 0.05) is 36.7 Å². The Hall–Kier alpha value is -7.85. The van der Waals surface area contributed by atoms with Gasteiger partial charge in [-0.25, -0.2) is 59.1 Å². The first-order valence-electron chi connectivity index (χ1n) is 32.6. The van der Waals surface area contributed by atoms with Gasteiger partial charge in [-0.15, -0.1) is 6.42 Å². The van der Waals surface area contributed by atoms with Crippen molar-refractivity contribution >= 4 is 95.7 Å². The topological polar surface area (TPSA) is 250 Å². The van der Waals surface area contributed by atoms with Gasteiger partial charge in [-0.05, 0) is 195 Å². The van der Waals surface area contributed by atoms with Gasteiger partial charge >= 0.3 is 18.3 Å². The third-order valence-electron chi connectivity index (χ3n) is 16.9. The molecule has 4 aliphatic rings. The molecule has 3 saturated heterocycles. The van der Waals surface area contributed by atoms with Crippen molar-refractivity contribution in [3.8, 4) is 46.7 Å². The van der Waals surface area contributed by atoms with Gasteiger partial charge in [0.25, 0.3) is 20.0 Å². The Balaban J connectivity index is 0.000000190. The van der Waals surface area contributed by atoms with E-state index in [0.717, 1.165) is 61.8 Å². The Morgan fingerprint density at radius 3 is 1.47 bits per heavy atom. The number of carbonyl (C=O) groups is 3. The van der Waals surface area contributed by atoms with Crippen LogP contribution in [0.4, 0.5) is 14.4 Å². The average molecular weight is 1560 g/mol. The molecule has 522 valence electrons. The second kappa shape index (κ2) is 31.0. The highest BCUT2D eigenvalue weighted by atomic mass is 127. The van der Waals surface area contributed by atoms with Crippen LogP contribution in [0.25, 0.3) is 22.5 Å². The number of nitrogens with zero attached hydrogens (tertiary/aromatic N) is 9. The van der Waals surface area contributed by atoms with Gasteiger partial charge in [0.15, 0.2) is 0 Å². The average Bonchev–Trinajstić information content (AvgIpc) is 1.66. The Bertz CT molecular complexity index is 4530. The SMILES string of the molecule is C#Cc1ccc(-c2cnc(C3CCCC3)[nH]2)cc1.Cc1ccc(S(=O)(=O)n2cc(C#Cc3ccc(-c4cnc([C@@H]5CCCN5C(=O)OCC(Cl)(Cl)Cl)[nH]4)cc3)nc2[C@@H]2CCCN2C(=O)OC(C)(C)C)cc1.Cc1ccc(S(=O)(=O)n2cc(I)nc2[C@@H]2CCCN2C(=O)OC(C)(C)C)cc1. The molecule has 4 aromatic carbocycles. The van der Waals surface area contributed by atoms with Crippen LogP contribution in [0.2, 0.25) is 0 Å². The molecular formula is C72H79Cl3IN11O10S2. The van der Waals surface area contributed by atoms with Gasteiger partial charge in [0.1, 0.15) is 50.5 Å². The number of hydrogen-bond donors (Lipinski definition) is 2. The molecule has 0 spiro atoms. The first kappa shape index (κ1) is 73.9. The zero-order chi connectivity index (χ0) is 71.2. The van der Waals surface area contributed by atoms with E-state index in [-0.39, 0.29) is 34.0 Å². The predicted octanol–water partition coefficient (Wildman–Crippen LogP) is 15.8. The van der Waals surface area contributed by atoms with Crippen molar-refractivity contribution in [3.05, 3.63) is 177 Å². The molecule has 1 saturated carbocycles. The number of nitrogens with one attached hydrogen (secondary N) is 2. The van der Waals surface area contributed by atoms with Gasteiger partial charge in [-0.1, -0.05) is 119 Å². The lowest BCUT2D eigenvalue weighted by Gasteiger charge is -2.28. The van der Waals surface area contributed by atoms with Crippen molar-refractivity contribution in [2.45, 2.75) is 168 Å². The minimum absolute atomic E-state index is 0.0984. The number of amides is 3. The maximum Gasteiger partial charge on any atom is 0.410 e. The molecule has 7 heterocycles. The highest BCUT2D eigenvalue weighted by Gasteiger charge is 2.41. The van der Waals surface area contributed by atoms with E-state index in [1.54, 1.807) is 85.3 Å². The first-order valence-corrected chi connectivity index (χ1v) is 37.7. The van der Waals surface area contributed by atoms with E-state index in [9.17, 15) is 31.2 Å². The largest absolute Gasteiger partial charge is 0.445 e. The molecule has 8 aromatic rings. The number of aromatic amines is 2. The first-order chi connectivity index (χ1) is 46.8. The maximum atomic E-state index is 14.0. The third kappa shape index (κ3) is 18.6. The summed E-state index contributed by atoms with van der Waals surface area (Å²) in [6, 6.07) is 27.3. The number of carbonyl (C=O) groups excluding carboxylic acids is 3. The van der Waals surface area contributed by atoms with Gasteiger partial charge in [-0.2, -0.15) is 0 Å². The van der Waals surface area contributed by atoms with Crippen molar-refractivity contribution < 1.29 is 45.4 Å². The van der Waals surface area contributed by atoms with Crippen LogP contribution in [0.5, 0.6) is 0 Å². The second-order valence-corrected chi connectivity index (χ2v) is 34.0. The monoisotopic (exact) mass is 1550 g/mol. The van der Waals surface area contributed by atoms with Crippen molar-refractivity contribution in [3.63, 3.8) is 0 Å². The standard InChI is InChI=1S/C37H39Cl3N6O6S.C19H24IN3O4S.C16H16N2/c1-24-9-17-28(18-10-24)53(49,50)46-22-27(42-33(46)31-8-6-20-45(31)35(48)52-36(2,3)4)16-13-25-11-14-26(15-12-25)29-21-41-32(43-29)30-7-5-19-44(30)34(47)51-23-37(38,39)40;1-13-7-9-14(10-8-13)28(25,26)23-12-16(20)21-17(23)15-6-5-11-22(15)18(24)27-19(2,3)4;1-2-12-7-9-13(10-8-12)15-11-17-16(18-15)14-5-3-4-6-14/h9-12,14-15,17-18,21-22,30-31H,5-8,19-20,23H2,1-4H3,(H,41,43);7-10,12,15H,5-6,11H2,1-4H3;1,7-11,14H,3-6H2,(H,17,18)/t30-,31-;15-;/m00./s1. The third-order valence-corrected chi connectivity index (χ3v) is 21.1. The summed E-state index contributed by atoms with van der Waals surface area (Å²) in [4.78, 5) is 68.4. The van der Waals surface area contributed by atoms with Crippen LogP contribution < -0.4 is 0 Å². The molecule has 12 rings (SSSR count). The number of aromatic nitrogens is 8. The Labute approximate surface area is 607 Å². The minimum atomic E-state index is -4.07. The molecule has 3 amide bonds. The summed E-state index contributed by atoms with van der Waals surface area (Å²) >= 11 is 19.2. The van der Waals surface area contributed by atoms with Crippen molar-refractivity contribution in [2.24, 2.45) is 0 Å². The second-order valence-electron chi connectivity index (χ2n) is 26.7. The number of hydrogen-bond acceptors (Lipinski definition) is 14. The number of likely N-dealkylation sites (tertiary alicyclic amines) is 3. The number of aryl methyl sites for hydroxylation is 2. The Morgan fingerprint density at radius 1 is 0.566 bits per heavy atom. The van der Waals surface area contributed by atoms with Crippen molar-refractivity contribution in [2.75, 3.05) is 26.2 Å². The van der Waals surface area contributed by atoms with E-state index in [1.807, 2.05) is 112 Å². The molecular weight excluding hydrogens is 1480 g/mol. The Kier molecular flexibility index (Phi) is 23.1. The summed E-state index contributed by atoms with van der Waals surface area (Å²) in [5, 5.41) is 0. The smallest absolute Gasteiger partial charge is 0.410 e. The summed E-state index contributed by atoms with van der Waals surface area (Å²) in [6.45, 7) is 15.6. The number of halogens is 4. The maximum absolute atomic E-state index is 14.0. The van der Waals surface area contributed by atoms with Gasteiger partial charge in [-0.3, -0.25) is 14.7 Å². The van der Waals surface area contributed by atoms with Crippen LogP contribution in [0.1, 0.15) is 181 Å². The van der Waals surface area contributed by atoms with E-state index < -0.39 is 65.4 Å². The molecule has 99 heavy (non-hydrogen) atoms. The quantitative estimate of drug-likeness (QED) is 0.0529. The van der Waals surface area contributed by atoms with Crippen LogP contribution in [0, 0.1) is 41.7 Å². The molecule has 4 aromatic heterocycles. The lowest BCUT2D eigenvalue weighted by Crippen LogP contribution is -2.37. The summed E-state index contributed by atoms with van der Waals surface area (Å²) < 4.78 is 71.9. The minimum Gasteiger partial charge on any atom is -0.445 e. The number of rotatable bonds is 11. The van der Waals surface area contributed by atoms with Crippen molar-refractivity contribution in [1.29, 1.82) is 0 Å². The number of imidazole rings is 4. The molecule has 21 nitrogen and oxygen atoms in total. The highest BCUT2D eigenvalue weighted by Crippen LogP contribution is 2.39.